The third-order valence-corrected chi connectivity index (χ3v) is 4.34. The molecule has 0 saturated heterocycles. The molecule has 3 N–H and O–H groups in total. The van der Waals surface area contributed by atoms with E-state index in [1.165, 1.54) is 0 Å². The van der Waals surface area contributed by atoms with Gasteiger partial charge in [0.15, 0.2) is 0 Å². The van der Waals surface area contributed by atoms with Crippen molar-refractivity contribution in [3.8, 4) is 0 Å². The molecule has 0 spiro atoms. The molecule has 1 aliphatic carbocycles. The summed E-state index contributed by atoms with van der Waals surface area (Å²) < 4.78 is 0.776. The largest absolute Gasteiger partial charge is 0.478 e. The van der Waals surface area contributed by atoms with Crippen LogP contribution in [0.15, 0.2) is 22.7 Å². The van der Waals surface area contributed by atoms with Crippen molar-refractivity contribution in [2.24, 2.45) is 0 Å². The topological polar surface area (TPSA) is 69.6 Å². The molecule has 0 aliphatic heterocycles. The average Bonchev–Trinajstić information content (AvgIpc) is 2.78. The highest BCUT2D eigenvalue weighted by Gasteiger charge is 2.30. The van der Waals surface area contributed by atoms with E-state index in [1.807, 2.05) is 0 Å². The van der Waals surface area contributed by atoms with Gasteiger partial charge in [-0.05, 0) is 30.5 Å². The molecular weight excluding hydrogens is 310 g/mol. The van der Waals surface area contributed by atoms with E-state index in [0.717, 1.165) is 35.7 Å². The Bertz CT molecular complexity index is 470. The standard InChI is InChI=1S/C14H18BrNO3/c15-12-7-10(13(17)18)3-4-11(12)8-16-9-14(19)5-1-2-6-14/h3-4,7,16,19H,1-2,5-6,8-9H2,(H,17,18). The third kappa shape index (κ3) is 3.78. The van der Waals surface area contributed by atoms with Gasteiger partial charge < -0.3 is 15.5 Å². The smallest absolute Gasteiger partial charge is 0.335 e. The number of rotatable bonds is 5. The molecule has 1 fully saturated rings. The van der Waals surface area contributed by atoms with Crippen LogP contribution in [0.5, 0.6) is 0 Å². The van der Waals surface area contributed by atoms with Gasteiger partial charge in [-0.2, -0.15) is 0 Å². The Morgan fingerprint density at radius 1 is 1.37 bits per heavy atom. The van der Waals surface area contributed by atoms with Crippen molar-refractivity contribution < 1.29 is 15.0 Å². The summed E-state index contributed by atoms with van der Waals surface area (Å²) >= 11 is 3.38. The van der Waals surface area contributed by atoms with Gasteiger partial charge in [-0.1, -0.05) is 34.8 Å². The molecule has 4 nitrogen and oxygen atoms in total. The second-order valence-electron chi connectivity index (χ2n) is 5.15. The van der Waals surface area contributed by atoms with Crippen molar-refractivity contribution in [2.45, 2.75) is 37.8 Å². The Hall–Kier alpha value is -0.910. The minimum Gasteiger partial charge on any atom is -0.478 e. The van der Waals surface area contributed by atoms with E-state index in [-0.39, 0.29) is 5.56 Å². The van der Waals surface area contributed by atoms with Gasteiger partial charge in [-0.25, -0.2) is 4.79 Å². The van der Waals surface area contributed by atoms with Gasteiger partial charge in [0, 0.05) is 17.6 Å². The number of aliphatic hydroxyl groups is 1. The third-order valence-electron chi connectivity index (χ3n) is 3.60. The molecular formula is C14H18BrNO3. The summed E-state index contributed by atoms with van der Waals surface area (Å²) in [5.74, 6) is -0.930. The molecule has 0 atom stereocenters. The van der Waals surface area contributed by atoms with Crippen LogP contribution in [0, 0.1) is 0 Å². The van der Waals surface area contributed by atoms with Gasteiger partial charge in [0.05, 0.1) is 11.2 Å². The molecule has 1 aromatic rings. The minimum absolute atomic E-state index is 0.269. The number of nitrogens with one attached hydrogen (secondary N) is 1. The van der Waals surface area contributed by atoms with Gasteiger partial charge >= 0.3 is 5.97 Å². The predicted molar refractivity (Wildman–Crippen MR) is 76.2 cm³/mol. The van der Waals surface area contributed by atoms with Crippen molar-refractivity contribution in [2.75, 3.05) is 6.54 Å². The molecule has 1 aliphatic rings. The zero-order chi connectivity index (χ0) is 13.9. The maximum atomic E-state index is 10.8. The summed E-state index contributed by atoms with van der Waals surface area (Å²) in [4.78, 5) is 10.8. The first kappa shape index (κ1) is 14.5. The maximum Gasteiger partial charge on any atom is 0.335 e. The van der Waals surface area contributed by atoms with E-state index in [2.05, 4.69) is 21.2 Å². The summed E-state index contributed by atoms with van der Waals surface area (Å²) in [5.41, 5.74) is 0.699. The number of hydrogen-bond acceptors (Lipinski definition) is 3. The lowest BCUT2D eigenvalue weighted by Crippen LogP contribution is -2.37. The molecule has 5 heteroatoms. The summed E-state index contributed by atoms with van der Waals surface area (Å²) in [6.45, 7) is 1.20. The summed E-state index contributed by atoms with van der Waals surface area (Å²) in [7, 11) is 0. The highest BCUT2D eigenvalue weighted by Crippen LogP contribution is 2.28. The van der Waals surface area contributed by atoms with Crippen molar-refractivity contribution in [1.29, 1.82) is 0 Å². The predicted octanol–water partition coefficient (Wildman–Crippen LogP) is 2.54. The highest BCUT2D eigenvalue weighted by molar-refractivity contribution is 9.10. The van der Waals surface area contributed by atoms with Crippen LogP contribution in [0.3, 0.4) is 0 Å². The van der Waals surface area contributed by atoms with Gasteiger partial charge in [0.2, 0.25) is 0 Å². The van der Waals surface area contributed by atoms with Crippen molar-refractivity contribution in [3.05, 3.63) is 33.8 Å². The maximum absolute atomic E-state index is 10.8. The Labute approximate surface area is 121 Å². The van der Waals surface area contributed by atoms with Gasteiger partial charge in [0.25, 0.3) is 0 Å². The Morgan fingerprint density at radius 2 is 2.05 bits per heavy atom. The normalized spacial score (nSPS) is 17.6. The number of halogens is 1. The number of benzene rings is 1. The number of carbonyl (C=O) groups is 1. The number of hydrogen-bond donors (Lipinski definition) is 3. The summed E-state index contributed by atoms with van der Waals surface area (Å²) in [6.07, 6.45) is 3.91. The molecule has 1 aromatic carbocycles. The quantitative estimate of drug-likeness (QED) is 0.777. The van der Waals surface area contributed by atoms with E-state index in [0.29, 0.717) is 13.1 Å². The highest BCUT2D eigenvalue weighted by atomic mass is 79.9. The second-order valence-corrected chi connectivity index (χ2v) is 6.00. The van der Waals surface area contributed by atoms with E-state index < -0.39 is 11.6 Å². The van der Waals surface area contributed by atoms with Crippen LogP contribution in [-0.2, 0) is 6.54 Å². The number of aromatic carboxylic acids is 1. The molecule has 0 heterocycles. The fraction of sp³-hybridized carbons (Fsp3) is 0.500. The average molecular weight is 328 g/mol. The van der Waals surface area contributed by atoms with Gasteiger partial charge in [-0.3, -0.25) is 0 Å². The monoisotopic (exact) mass is 327 g/mol. The molecule has 1 saturated carbocycles. The molecule has 0 amide bonds. The molecule has 19 heavy (non-hydrogen) atoms. The summed E-state index contributed by atoms with van der Waals surface area (Å²) in [6, 6.07) is 4.98. The lowest BCUT2D eigenvalue weighted by molar-refractivity contribution is 0.0474. The molecule has 0 radical (unpaired) electrons. The fourth-order valence-electron chi connectivity index (χ4n) is 2.46. The molecule has 0 unspecified atom stereocenters. The molecule has 2 rings (SSSR count). The first-order valence-corrected chi connectivity index (χ1v) is 7.24. The lowest BCUT2D eigenvalue weighted by Gasteiger charge is -2.22. The van der Waals surface area contributed by atoms with Crippen LogP contribution >= 0.6 is 15.9 Å². The first-order chi connectivity index (χ1) is 9.00. The molecule has 0 bridgehead atoms. The molecule has 104 valence electrons. The summed E-state index contributed by atoms with van der Waals surface area (Å²) in [5, 5.41) is 22.3. The van der Waals surface area contributed by atoms with Crippen LogP contribution in [0.1, 0.15) is 41.6 Å². The van der Waals surface area contributed by atoms with Crippen LogP contribution in [0.4, 0.5) is 0 Å². The zero-order valence-corrected chi connectivity index (χ0v) is 12.2. The number of carboxylic acids is 1. The van der Waals surface area contributed by atoms with Crippen molar-refractivity contribution >= 4 is 21.9 Å². The van der Waals surface area contributed by atoms with Gasteiger partial charge in [-0.15, -0.1) is 0 Å². The fourth-order valence-corrected chi connectivity index (χ4v) is 2.98. The number of carboxylic acid groups (broad SMARTS) is 1. The van der Waals surface area contributed by atoms with E-state index >= 15 is 0 Å². The first-order valence-electron chi connectivity index (χ1n) is 6.45. The van der Waals surface area contributed by atoms with Crippen molar-refractivity contribution in [1.82, 2.24) is 5.32 Å². The van der Waals surface area contributed by atoms with Crippen LogP contribution in [0.2, 0.25) is 0 Å². The van der Waals surface area contributed by atoms with E-state index in [9.17, 15) is 9.90 Å². The van der Waals surface area contributed by atoms with E-state index in [1.54, 1.807) is 18.2 Å². The van der Waals surface area contributed by atoms with Crippen LogP contribution in [-0.4, -0.2) is 28.3 Å². The molecule has 0 aromatic heterocycles. The van der Waals surface area contributed by atoms with Crippen LogP contribution < -0.4 is 5.32 Å². The van der Waals surface area contributed by atoms with Gasteiger partial charge in [0.1, 0.15) is 0 Å². The SMILES string of the molecule is O=C(O)c1ccc(CNCC2(O)CCCC2)c(Br)c1. The lowest BCUT2D eigenvalue weighted by atomic mass is 10.0. The Morgan fingerprint density at radius 3 is 2.63 bits per heavy atom. The van der Waals surface area contributed by atoms with Crippen LogP contribution in [0.25, 0.3) is 0 Å². The van der Waals surface area contributed by atoms with E-state index in [4.69, 9.17) is 5.11 Å². The second kappa shape index (κ2) is 6.03. The Balaban J connectivity index is 1.91. The minimum atomic E-state index is -0.930. The van der Waals surface area contributed by atoms with Crippen molar-refractivity contribution in [3.63, 3.8) is 0 Å². The Kier molecular flexibility index (Phi) is 4.60. The zero-order valence-electron chi connectivity index (χ0n) is 10.7.